The molecule has 13 heavy (non-hydrogen) atoms. The summed E-state index contributed by atoms with van der Waals surface area (Å²) in [6.45, 7) is 3.70. The molecule has 1 rings (SSSR count). The van der Waals surface area contributed by atoms with Gasteiger partial charge in [-0.3, -0.25) is 9.69 Å². The van der Waals surface area contributed by atoms with Crippen LogP contribution in [0.3, 0.4) is 0 Å². The first-order valence-corrected chi connectivity index (χ1v) is 5.08. The molecule has 1 unspecified atom stereocenters. The Bertz CT molecular complexity index is 170. The van der Waals surface area contributed by atoms with Crippen LogP contribution in [0.4, 0.5) is 0 Å². The fraction of sp³-hybridized carbons (Fsp3) is 0.900. The number of carbonyl (C=O) groups excluding carboxylic acids is 1. The minimum atomic E-state index is -0.111. The topological polar surface area (TPSA) is 29.5 Å². The molecule has 0 saturated carbocycles. The summed E-state index contributed by atoms with van der Waals surface area (Å²) in [6.07, 6.45) is 4.88. The molecule has 1 aliphatic rings. The maximum atomic E-state index is 11.1. The zero-order valence-electron chi connectivity index (χ0n) is 8.58. The maximum absolute atomic E-state index is 11.1. The molecule has 76 valence electrons. The molecule has 0 aromatic rings. The molecular weight excluding hydrogens is 166 g/mol. The van der Waals surface area contributed by atoms with Gasteiger partial charge in [-0.25, -0.2) is 0 Å². The molecule has 1 saturated heterocycles. The van der Waals surface area contributed by atoms with Gasteiger partial charge in [0.15, 0.2) is 0 Å². The number of esters is 1. The number of hydrogen-bond donors (Lipinski definition) is 0. The SMILES string of the molecule is CCC1CCCCN1CC(=O)OC. The highest BCUT2D eigenvalue weighted by Gasteiger charge is 2.22. The van der Waals surface area contributed by atoms with Crippen molar-refractivity contribution in [2.75, 3.05) is 20.2 Å². The molecule has 3 heteroatoms. The fourth-order valence-electron chi connectivity index (χ4n) is 1.96. The number of hydrogen-bond acceptors (Lipinski definition) is 3. The molecule has 0 spiro atoms. The number of methoxy groups -OCH3 is 1. The van der Waals surface area contributed by atoms with Crippen LogP contribution in [0.1, 0.15) is 32.6 Å². The van der Waals surface area contributed by atoms with Crippen LogP contribution in [-0.4, -0.2) is 37.1 Å². The van der Waals surface area contributed by atoms with Gasteiger partial charge in [0.05, 0.1) is 13.7 Å². The van der Waals surface area contributed by atoms with Gasteiger partial charge < -0.3 is 4.74 Å². The number of rotatable bonds is 3. The lowest BCUT2D eigenvalue weighted by molar-refractivity contribution is -0.142. The second kappa shape index (κ2) is 5.22. The van der Waals surface area contributed by atoms with E-state index < -0.39 is 0 Å². The highest BCUT2D eigenvalue weighted by Crippen LogP contribution is 2.18. The lowest BCUT2D eigenvalue weighted by Gasteiger charge is -2.34. The van der Waals surface area contributed by atoms with Gasteiger partial charge in [0.25, 0.3) is 0 Å². The molecule has 0 aliphatic carbocycles. The normalized spacial score (nSPS) is 24.3. The molecule has 3 nitrogen and oxygen atoms in total. The second-order valence-corrected chi connectivity index (χ2v) is 3.60. The first-order valence-electron chi connectivity index (χ1n) is 5.08. The van der Waals surface area contributed by atoms with Crippen molar-refractivity contribution in [2.24, 2.45) is 0 Å². The molecule has 0 aromatic heterocycles. The van der Waals surface area contributed by atoms with E-state index in [2.05, 4.69) is 16.6 Å². The van der Waals surface area contributed by atoms with Crippen LogP contribution in [-0.2, 0) is 9.53 Å². The zero-order valence-corrected chi connectivity index (χ0v) is 8.58. The van der Waals surface area contributed by atoms with E-state index in [-0.39, 0.29) is 5.97 Å². The zero-order chi connectivity index (χ0) is 9.68. The summed E-state index contributed by atoms with van der Waals surface area (Å²) in [6, 6.07) is 0.591. The van der Waals surface area contributed by atoms with E-state index >= 15 is 0 Å². The van der Waals surface area contributed by atoms with E-state index in [1.54, 1.807) is 0 Å². The molecule has 0 aromatic carbocycles. The van der Waals surface area contributed by atoms with Crippen LogP contribution in [0.5, 0.6) is 0 Å². The number of ether oxygens (including phenoxy) is 1. The summed E-state index contributed by atoms with van der Waals surface area (Å²) in [5.74, 6) is -0.111. The van der Waals surface area contributed by atoms with Gasteiger partial charge in [-0.2, -0.15) is 0 Å². The van der Waals surface area contributed by atoms with Crippen LogP contribution in [0.2, 0.25) is 0 Å². The largest absolute Gasteiger partial charge is 0.468 e. The van der Waals surface area contributed by atoms with E-state index in [0.29, 0.717) is 12.6 Å². The van der Waals surface area contributed by atoms with Gasteiger partial charge in [-0.05, 0) is 25.8 Å². The predicted molar refractivity (Wildman–Crippen MR) is 51.5 cm³/mol. The number of carbonyl (C=O) groups is 1. The third-order valence-corrected chi connectivity index (χ3v) is 2.78. The Labute approximate surface area is 80.1 Å². The summed E-state index contributed by atoms with van der Waals surface area (Å²) in [5.41, 5.74) is 0. The Morgan fingerprint density at radius 3 is 2.92 bits per heavy atom. The average Bonchev–Trinajstić information content (AvgIpc) is 2.18. The van der Waals surface area contributed by atoms with Crippen LogP contribution in [0.25, 0.3) is 0 Å². The number of nitrogens with zero attached hydrogens (tertiary/aromatic N) is 1. The highest BCUT2D eigenvalue weighted by atomic mass is 16.5. The Morgan fingerprint density at radius 2 is 2.31 bits per heavy atom. The molecule has 1 aliphatic heterocycles. The van der Waals surface area contributed by atoms with Gasteiger partial charge in [-0.1, -0.05) is 13.3 Å². The minimum absolute atomic E-state index is 0.111. The van der Waals surface area contributed by atoms with Crippen molar-refractivity contribution in [3.05, 3.63) is 0 Å². The van der Waals surface area contributed by atoms with Crippen molar-refractivity contribution in [1.82, 2.24) is 4.90 Å². The summed E-state index contributed by atoms with van der Waals surface area (Å²) in [5, 5.41) is 0. The van der Waals surface area contributed by atoms with Gasteiger partial charge in [0, 0.05) is 6.04 Å². The monoisotopic (exact) mass is 185 g/mol. The number of likely N-dealkylation sites (tertiary alicyclic amines) is 1. The summed E-state index contributed by atoms with van der Waals surface area (Å²) in [7, 11) is 1.45. The molecule has 0 amide bonds. The summed E-state index contributed by atoms with van der Waals surface area (Å²) >= 11 is 0. The lowest BCUT2D eigenvalue weighted by Crippen LogP contribution is -2.42. The van der Waals surface area contributed by atoms with Crippen molar-refractivity contribution in [1.29, 1.82) is 0 Å². The molecule has 1 heterocycles. The summed E-state index contributed by atoms with van der Waals surface area (Å²) < 4.78 is 4.67. The highest BCUT2D eigenvalue weighted by molar-refractivity contribution is 5.71. The minimum Gasteiger partial charge on any atom is -0.468 e. The van der Waals surface area contributed by atoms with E-state index in [1.807, 2.05) is 0 Å². The average molecular weight is 185 g/mol. The molecule has 1 fully saturated rings. The second-order valence-electron chi connectivity index (χ2n) is 3.60. The van der Waals surface area contributed by atoms with E-state index in [1.165, 1.54) is 26.4 Å². The third-order valence-electron chi connectivity index (χ3n) is 2.78. The van der Waals surface area contributed by atoms with Crippen molar-refractivity contribution < 1.29 is 9.53 Å². The van der Waals surface area contributed by atoms with E-state index in [0.717, 1.165) is 13.0 Å². The molecule has 1 atom stereocenters. The summed E-state index contributed by atoms with van der Waals surface area (Å²) in [4.78, 5) is 13.3. The smallest absolute Gasteiger partial charge is 0.319 e. The Morgan fingerprint density at radius 1 is 1.54 bits per heavy atom. The Hall–Kier alpha value is -0.570. The third kappa shape index (κ3) is 2.99. The lowest BCUT2D eigenvalue weighted by atomic mass is 10.0. The predicted octanol–water partition coefficient (Wildman–Crippen LogP) is 1.42. The first-order chi connectivity index (χ1) is 6.27. The molecule has 0 bridgehead atoms. The molecule has 0 radical (unpaired) electrons. The standard InChI is InChI=1S/C10H19NO2/c1-3-9-6-4-5-7-11(9)8-10(12)13-2/h9H,3-8H2,1-2H3. The van der Waals surface area contributed by atoms with Crippen LogP contribution >= 0.6 is 0 Å². The van der Waals surface area contributed by atoms with Gasteiger partial charge in [0.1, 0.15) is 0 Å². The van der Waals surface area contributed by atoms with Gasteiger partial charge in [0.2, 0.25) is 0 Å². The maximum Gasteiger partial charge on any atom is 0.319 e. The quantitative estimate of drug-likeness (QED) is 0.623. The van der Waals surface area contributed by atoms with Crippen LogP contribution < -0.4 is 0 Å². The Kier molecular flexibility index (Phi) is 4.22. The Balaban J connectivity index is 2.40. The van der Waals surface area contributed by atoms with Crippen LogP contribution in [0.15, 0.2) is 0 Å². The molecule has 0 N–H and O–H groups in total. The fourth-order valence-corrected chi connectivity index (χ4v) is 1.96. The van der Waals surface area contributed by atoms with Gasteiger partial charge >= 0.3 is 5.97 Å². The van der Waals surface area contributed by atoms with Crippen LogP contribution in [0, 0.1) is 0 Å². The van der Waals surface area contributed by atoms with Crippen molar-refractivity contribution in [3.8, 4) is 0 Å². The van der Waals surface area contributed by atoms with Gasteiger partial charge in [-0.15, -0.1) is 0 Å². The van der Waals surface area contributed by atoms with E-state index in [9.17, 15) is 4.79 Å². The first kappa shape index (κ1) is 10.5. The van der Waals surface area contributed by atoms with Crippen molar-refractivity contribution in [3.63, 3.8) is 0 Å². The van der Waals surface area contributed by atoms with E-state index in [4.69, 9.17) is 0 Å². The van der Waals surface area contributed by atoms with Crippen molar-refractivity contribution >= 4 is 5.97 Å². The van der Waals surface area contributed by atoms with Crippen molar-refractivity contribution in [2.45, 2.75) is 38.6 Å². The number of piperidine rings is 1. The molecular formula is C10H19NO2.